The normalized spacial score (nSPS) is 13.1. The molecule has 4 aromatic rings. The van der Waals surface area contributed by atoms with Gasteiger partial charge in [0.2, 0.25) is 5.75 Å². The lowest BCUT2D eigenvalue weighted by Crippen LogP contribution is -2.29. The van der Waals surface area contributed by atoms with Gasteiger partial charge < -0.3 is 14.9 Å². The minimum absolute atomic E-state index is 0.0320. The first-order valence-electron chi connectivity index (χ1n) is 11.1. The second kappa shape index (κ2) is 10.2. The fourth-order valence-electron chi connectivity index (χ4n) is 4.20. The molecule has 0 saturated heterocycles. The minimum atomic E-state index is -4.51. The van der Waals surface area contributed by atoms with E-state index >= 15 is 0 Å². The van der Waals surface area contributed by atoms with Crippen LogP contribution in [0.4, 0.5) is 18.9 Å². The Balaban J connectivity index is 1.84. The van der Waals surface area contributed by atoms with Crippen LogP contribution in [0.2, 0.25) is 0 Å². The van der Waals surface area contributed by atoms with Gasteiger partial charge in [-0.25, -0.2) is 4.98 Å². The SMILES string of the molecule is C[C@H](c1nc(C(=O)Nc2cnoc2)c(O)c(=O)n1C)[C@H](c1cnn(CC(F)(F)F)c1)c1ccccc1C#N. The number of nitrogens with zero attached hydrogens (tertiary/aromatic N) is 6. The van der Waals surface area contributed by atoms with Gasteiger partial charge in [0, 0.05) is 25.1 Å². The smallest absolute Gasteiger partial charge is 0.408 e. The Labute approximate surface area is 212 Å². The second-order valence-corrected chi connectivity index (χ2v) is 8.45. The molecule has 0 aliphatic heterocycles. The molecule has 2 atom stereocenters. The van der Waals surface area contributed by atoms with Crippen LogP contribution >= 0.6 is 0 Å². The van der Waals surface area contributed by atoms with Crippen molar-refractivity contribution in [3.8, 4) is 11.8 Å². The van der Waals surface area contributed by atoms with E-state index in [9.17, 15) is 33.1 Å². The number of amides is 1. The maximum absolute atomic E-state index is 13.0. The number of aromatic nitrogens is 5. The molecule has 38 heavy (non-hydrogen) atoms. The summed E-state index contributed by atoms with van der Waals surface area (Å²) in [5.41, 5.74) is -0.311. The van der Waals surface area contributed by atoms with E-state index in [1.807, 2.05) is 0 Å². The molecule has 0 saturated carbocycles. The lowest BCUT2D eigenvalue weighted by Gasteiger charge is -2.26. The van der Waals surface area contributed by atoms with E-state index < -0.39 is 47.5 Å². The van der Waals surface area contributed by atoms with Gasteiger partial charge in [0.15, 0.2) is 5.69 Å². The second-order valence-electron chi connectivity index (χ2n) is 8.45. The average Bonchev–Trinajstić information content (AvgIpc) is 3.54. The highest BCUT2D eigenvalue weighted by atomic mass is 19.4. The number of benzene rings is 1. The molecule has 1 amide bonds. The highest BCUT2D eigenvalue weighted by molar-refractivity contribution is 6.04. The maximum Gasteiger partial charge on any atom is 0.408 e. The summed E-state index contributed by atoms with van der Waals surface area (Å²) < 4.78 is 45.4. The zero-order chi connectivity index (χ0) is 27.6. The molecule has 0 radical (unpaired) electrons. The van der Waals surface area contributed by atoms with Crippen molar-refractivity contribution in [1.29, 1.82) is 5.26 Å². The van der Waals surface area contributed by atoms with Crippen LogP contribution in [0.1, 0.15) is 51.8 Å². The molecule has 11 nitrogen and oxygen atoms in total. The van der Waals surface area contributed by atoms with E-state index in [0.717, 1.165) is 15.5 Å². The largest absolute Gasteiger partial charge is 0.501 e. The van der Waals surface area contributed by atoms with E-state index in [0.29, 0.717) is 11.1 Å². The fourth-order valence-corrected chi connectivity index (χ4v) is 4.20. The van der Waals surface area contributed by atoms with Crippen LogP contribution in [0.15, 0.2) is 58.4 Å². The van der Waals surface area contributed by atoms with Gasteiger partial charge >= 0.3 is 6.18 Å². The molecule has 196 valence electrons. The van der Waals surface area contributed by atoms with Crippen LogP contribution in [0, 0.1) is 11.3 Å². The van der Waals surface area contributed by atoms with Crippen molar-refractivity contribution in [2.75, 3.05) is 5.32 Å². The molecule has 0 aliphatic carbocycles. The number of nitriles is 1. The number of hydrogen-bond acceptors (Lipinski definition) is 8. The Bertz CT molecular complexity index is 1570. The zero-order valence-electron chi connectivity index (χ0n) is 20.0. The minimum Gasteiger partial charge on any atom is -0.501 e. The Morgan fingerprint density at radius 2 is 2.03 bits per heavy atom. The lowest BCUT2D eigenvalue weighted by molar-refractivity contribution is -0.142. The quantitative estimate of drug-likeness (QED) is 0.371. The van der Waals surface area contributed by atoms with Gasteiger partial charge in [-0.15, -0.1) is 0 Å². The lowest BCUT2D eigenvalue weighted by atomic mass is 9.80. The van der Waals surface area contributed by atoms with Gasteiger partial charge in [0.1, 0.15) is 24.3 Å². The van der Waals surface area contributed by atoms with E-state index in [1.165, 1.54) is 25.6 Å². The molecule has 3 aromatic heterocycles. The number of carbonyl (C=O) groups excluding carboxylic acids is 1. The summed E-state index contributed by atoms with van der Waals surface area (Å²) in [6.07, 6.45) is 0.282. The van der Waals surface area contributed by atoms with Crippen molar-refractivity contribution >= 4 is 11.6 Å². The highest BCUT2D eigenvalue weighted by Gasteiger charge is 2.33. The average molecular weight is 527 g/mol. The number of hydrogen-bond donors (Lipinski definition) is 2. The Morgan fingerprint density at radius 1 is 1.29 bits per heavy atom. The first-order chi connectivity index (χ1) is 18.0. The molecule has 0 aliphatic rings. The zero-order valence-corrected chi connectivity index (χ0v) is 20.0. The topological polar surface area (TPSA) is 152 Å². The Hall–Kier alpha value is -4.93. The molecule has 14 heteroatoms. The molecule has 0 fully saturated rings. The molecule has 3 heterocycles. The van der Waals surface area contributed by atoms with Gasteiger partial charge in [-0.2, -0.15) is 23.5 Å². The molecule has 1 aromatic carbocycles. The first kappa shape index (κ1) is 26.1. The standard InChI is InChI=1S/C24H20F3N7O4/c1-13(21-32-19(20(35)23(37)33(21)2)22(36)31-16-9-30-38-11-16)18(17-6-4-3-5-14(17)7-28)15-8-29-34(10-15)12-24(25,26)27/h3-6,8-11,13,18,35H,12H2,1-2H3,(H,31,36)/t13-,18+/m0/s1. The summed E-state index contributed by atoms with van der Waals surface area (Å²) in [7, 11) is 1.34. The Morgan fingerprint density at radius 3 is 2.68 bits per heavy atom. The molecule has 2 N–H and O–H groups in total. The number of anilines is 1. The van der Waals surface area contributed by atoms with Crippen LogP contribution in [-0.2, 0) is 13.6 Å². The monoisotopic (exact) mass is 527 g/mol. The predicted molar refractivity (Wildman–Crippen MR) is 125 cm³/mol. The maximum atomic E-state index is 13.0. The van der Waals surface area contributed by atoms with Crippen molar-refractivity contribution < 1.29 is 27.6 Å². The van der Waals surface area contributed by atoms with Gasteiger partial charge in [0.25, 0.3) is 11.5 Å². The van der Waals surface area contributed by atoms with Crippen molar-refractivity contribution in [2.45, 2.75) is 31.5 Å². The van der Waals surface area contributed by atoms with Crippen molar-refractivity contribution in [1.82, 2.24) is 24.5 Å². The number of carbonyl (C=O) groups is 1. The molecule has 0 unspecified atom stereocenters. The Kier molecular flexibility index (Phi) is 7.02. The van der Waals surface area contributed by atoms with Gasteiger partial charge in [0.05, 0.1) is 24.0 Å². The summed E-state index contributed by atoms with van der Waals surface area (Å²) in [5, 5.41) is 29.8. The van der Waals surface area contributed by atoms with Crippen molar-refractivity contribution in [3.05, 3.63) is 87.7 Å². The van der Waals surface area contributed by atoms with Gasteiger partial charge in [-0.1, -0.05) is 30.3 Å². The molecule has 0 spiro atoms. The summed E-state index contributed by atoms with van der Waals surface area (Å²) in [6, 6.07) is 8.56. The summed E-state index contributed by atoms with van der Waals surface area (Å²) in [5.74, 6) is -3.37. The van der Waals surface area contributed by atoms with Crippen LogP contribution in [0.3, 0.4) is 0 Å². The van der Waals surface area contributed by atoms with Gasteiger partial charge in [-0.05, 0) is 17.2 Å². The fraction of sp³-hybridized carbons (Fsp3) is 0.250. The highest BCUT2D eigenvalue weighted by Crippen LogP contribution is 2.39. The number of rotatable bonds is 7. The molecule has 4 rings (SSSR count). The van der Waals surface area contributed by atoms with Crippen LogP contribution in [0.25, 0.3) is 0 Å². The summed E-state index contributed by atoms with van der Waals surface area (Å²) >= 11 is 0. The summed E-state index contributed by atoms with van der Waals surface area (Å²) in [4.78, 5) is 29.9. The van der Waals surface area contributed by atoms with Crippen LogP contribution < -0.4 is 10.9 Å². The van der Waals surface area contributed by atoms with E-state index in [2.05, 4.69) is 31.1 Å². The van der Waals surface area contributed by atoms with Crippen LogP contribution in [-0.4, -0.2) is 41.7 Å². The molecular weight excluding hydrogens is 507 g/mol. The third kappa shape index (κ3) is 5.26. The van der Waals surface area contributed by atoms with Crippen molar-refractivity contribution in [2.24, 2.45) is 7.05 Å². The van der Waals surface area contributed by atoms with Crippen molar-refractivity contribution in [3.63, 3.8) is 0 Å². The number of aromatic hydroxyl groups is 1. The summed E-state index contributed by atoms with van der Waals surface area (Å²) in [6.45, 7) is 0.317. The van der Waals surface area contributed by atoms with Crippen LogP contribution in [0.5, 0.6) is 5.75 Å². The van der Waals surface area contributed by atoms with E-state index in [1.54, 1.807) is 31.2 Å². The molecule has 0 bridgehead atoms. The number of halogens is 3. The molecular formula is C24H20F3N7O4. The number of alkyl halides is 3. The van der Waals surface area contributed by atoms with Gasteiger partial charge in [-0.3, -0.25) is 18.8 Å². The van der Waals surface area contributed by atoms with E-state index in [-0.39, 0.29) is 17.1 Å². The predicted octanol–water partition coefficient (Wildman–Crippen LogP) is 3.29. The third-order valence-corrected chi connectivity index (χ3v) is 5.88. The number of nitrogens with one attached hydrogen (secondary N) is 1. The van der Waals surface area contributed by atoms with E-state index in [4.69, 9.17) is 0 Å². The third-order valence-electron chi connectivity index (χ3n) is 5.88. The first-order valence-corrected chi connectivity index (χ1v) is 11.1.